The highest BCUT2D eigenvalue weighted by atomic mass is 16.5. The summed E-state index contributed by atoms with van der Waals surface area (Å²) in [4.78, 5) is 16.5. The summed E-state index contributed by atoms with van der Waals surface area (Å²) in [5.74, 6) is 1.22. The lowest BCUT2D eigenvalue weighted by atomic mass is 10.1. The van der Waals surface area contributed by atoms with Crippen molar-refractivity contribution in [1.29, 1.82) is 0 Å². The predicted molar refractivity (Wildman–Crippen MR) is 91.4 cm³/mol. The maximum absolute atomic E-state index is 12.1. The minimum atomic E-state index is -0.186. The van der Waals surface area contributed by atoms with Gasteiger partial charge in [-0.1, -0.05) is 42.0 Å². The lowest BCUT2D eigenvalue weighted by Crippen LogP contribution is -2.24. The number of ether oxygens (including phenoxy) is 1. The normalized spacial score (nSPS) is 15.5. The Morgan fingerprint density at radius 2 is 1.78 bits per heavy atom. The van der Waals surface area contributed by atoms with Gasteiger partial charge in [0, 0.05) is 5.56 Å². The summed E-state index contributed by atoms with van der Waals surface area (Å²) in [7, 11) is 0. The Morgan fingerprint density at radius 1 is 1.09 bits per heavy atom. The van der Waals surface area contributed by atoms with Crippen molar-refractivity contribution >= 4 is 17.8 Å². The first-order valence-corrected chi connectivity index (χ1v) is 7.57. The second-order valence-electron chi connectivity index (χ2n) is 5.31. The molecule has 0 saturated carbocycles. The Bertz CT molecular complexity index is 772. The van der Waals surface area contributed by atoms with Crippen LogP contribution in [-0.2, 0) is 4.79 Å². The van der Waals surface area contributed by atoms with Crippen molar-refractivity contribution in [3.8, 4) is 5.75 Å². The Morgan fingerprint density at radius 3 is 2.43 bits per heavy atom. The van der Waals surface area contributed by atoms with Crippen LogP contribution in [0.2, 0.25) is 0 Å². The Hall–Kier alpha value is -2.88. The maximum Gasteiger partial charge on any atom is 0.275 e. The number of amides is 1. The Kier molecular flexibility index (Phi) is 4.24. The SMILES string of the molecule is CCOc1ccc(/C=C2\N=C(c3ccc(C)cc3)NC2=O)cc1. The summed E-state index contributed by atoms with van der Waals surface area (Å²) >= 11 is 0. The summed E-state index contributed by atoms with van der Waals surface area (Å²) in [6, 6.07) is 15.5. The van der Waals surface area contributed by atoms with Gasteiger partial charge in [-0.3, -0.25) is 4.79 Å². The largest absolute Gasteiger partial charge is 0.494 e. The van der Waals surface area contributed by atoms with Gasteiger partial charge in [0.1, 0.15) is 17.3 Å². The topological polar surface area (TPSA) is 50.7 Å². The maximum atomic E-state index is 12.1. The van der Waals surface area contributed by atoms with Crippen LogP contribution in [0.5, 0.6) is 5.75 Å². The number of carbonyl (C=O) groups excluding carboxylic acids is 1. The highest BCUT2D eigenvalue weighted by Gasteiger charge is 2.20. The number of aryl methyl sites for hydroxylation is 1. The van der Waals surface area contributed by atoms with Gasteiger partial charge in [-0.15, -0.1) is 0 Å². The van der Waals surface area contributed by atoms with Gasteiger partial charge in [-0.05, 0) is 37.6 Å². The number of amidine groups is 1. The molecule has 1 amide bonds. The van der Waals surface area contributed by atoms with E-state index in [9.17, 15) is 4.79 Å². The zero-order chi connectivity index (χ0) is 16.2. The molecule has 3 rings (SSSR count). The van der Waals surface area contributed by atoms with Gasteiger partial charge in [-0.2, -0.15) is 0 Å². The molecule has 116 valence electrons. The molecule has 1 heterocycles. The number of hydrogen-bond acceptors (Lipinski definition) is 3. The van der Waals surface area contributed by atoms with E-state index >= 15 is 0 Å². The number of aliphatic imine (C=N–C) groups is 1. The number of nitrogens with zero attached hydrogens (tertiary/aromatic N) is 1. The van der Waals surface area contributed by atoms with Crippen molar-refractivity contribution in [2.45, 2.75) is 13.8 Å². The molecular formula is C19H18N2O2. The Labute approximate surface area is 135 Å². The molecular weight excluding hydrogens is 288 g/mol. The van der Waals surface area contributed by atoms with E-state index in [1.54, 1.807) is 6.08 Å². The van der Waals surface area contributed by atoms with Gasteiger partial charge in [0.25, 0.3) is 5.91 Å². The molecule has 2 aromatic rings. The fraction of sp³-hybridized carbons (Fsp3) is 0.158. The molecule has 0 unspecified atom stereocenters. The Balaban J connectivity index is 1.84. The van der Waals surface area contributed by atoms with Gasteiger partial charge in [0.2, 0.25) is 0 Å². The summed E-state index contributed by atoms with van der Waals surface area (Å²) in [6.07, 6.45) is 1.77. The molecule has 0 aliphatic carbocycles. The third-order valence-corrected chi connectivity index (χ3v) is 3.52. The fourth-order valence-corrected chi connectivity index (χ4v) is 2.30. The van der Waals surface area contributed by atoms with E-state index in [1.807, 2.05) is 62.4 Å². The van der Waals surface area contributed by atoms with Crippen LogP contribution >= 0.6 is 0 Å². The number of hydrogen-bond donors (Lipinski definition) is 1. The molecule has 4 nitrogen and oxygen atoms in total. The summed E-state index contributed by atoms with van der Waals surface area (Å²) < 4.78 is 5.41. The van der Waals surface area contributed by atoms with E-state index < -0.39 is 0 Å². The minimum absolute atomic E-state index is 0.186. The molecule has 4 heteroatoms. The average molecular weight is 306 g/mol. The second kappa shape index (κ2) is 6.48. The van der Waals surface area contributed by atoms with Crippen LogP contribution in [0.15, 0.2) is 59.2 Å². The molecule has 1 aliphatic heterocycles. The second-order valence-corrected chi connectivity index (χ2v) is 5.31. The van der Waals surface area contributed by atoms with E-state index in [-0.39, 0.29) is 5.91 Å². The smallest absolute Gasteiger partial charge is 0.275 e. The zero-order valence-electron chi connectivity index (χ0n) is 13.2. The van der Waals surface area contributed by atoms with E-state index in [4.69, 9.17) is 4.74 Å². The minimum Gasteiger partial charge on any atom is -0.494 e. The molecule has 1 aliphatic rings. The number of benzene rings is 2. The van der Waals surface area contributed by atoms with Crippen LogP contribution in [0.25, 0.3) is 6.08 Å². The van der Waals surface area contributed by atoms with Gasteiger partial charge >= 0.3 is 0 Å². The number of rotatable bonds is 4. The van der Waals surface area contributed by atoms with Crippen molar-refractivity contribution in [3.63, 3.8) is 0 Å². The molecule has 0 atom stereocenters. The van der Waals surface area contributed by atoms with Crippen LogP contribution in [0.3, 0.4) is 0 Å². The first-order chi connectivity index (χ1) is 11.2. The lowest BCUT2D eigenvalue weighted by molar-refractivity contribution is -0.115. The van der Waals surface area contributed by atoms with E-state index in [1.165, 1.54) is 5.56 Å². The summed E-state index contributed by atoms with van der Waals surface area (Å²) in [6.45, 7) is 4.60. The average Bonchev–Trinajstić information content (AvgIpc) is 2.91. The number of nitrogens with one attached hydrogen (secondary N) is 1. The zero-order valence-corrected chi connectivity index (χ0v) is 13.2. The molecule has 0 bridgehead atoms. The van der Waals surface area contributed by atoms with Gasteiger partial charge in [-0.25, -0.2) is 4.99 Å². The first-order valence-electron chi connectivity index (χ1n) is 7.57. The molecule has 2 aromatic carbocycles. The van der Waals surface area contributed by atoms with Gasteiger partial charge in [0.05, 0.1) is 6.61 Å². The van der Waals surface area contributed by atoms with Crippen molar-refractivity contribution in [2.24, 2.45) is 4.99 Å². The van der Waals surface area contributed by atoms with E-state index in [0.29, 0.717) is 18.1 Å². The molecule has 0 spiro atoms. The fourth-order valence-electron chi connectivity index (χ4n) is 2.30. The predicted octanol–water partition coefficient (Wildman–Crippen LogP) is 3.31. The quantitative estimate of drug-likeness (QED) is 0.881. The standard InChI is InChI=1S/C19H18N2O2/c1-3-23-16-10-6-14(7-11-16)12-17-19(22)21-18(20-17)15-8-4-13(2)5-9-15/h4-12H,3H2,1-2H3,(H,20,21,22)/b17-12-. The third-order valence-electron chi connectivity index (χ3n) is 3.52. The van der Waals surface area contributed by atoms with Crippen molar-refractivity contribution in [3.05, 3.63) is 70.9 Å². The summed E-state index contributed by atoms with van der Waals surface area (Å²) in [5, 5.41) is 2.81. The first kappa shape index (κ1) is 15.0. The highest BCUT2D eigenvalue weighted by Crippen LogP contribution is 2.18. The molecule has 23 heavy (non-hydrogen) atoms. The molecule has 1 N–H and O–H groups in total. The molecule has 0 fully saturated rings. The summed E-state index contributed by atoms with van der Waals surface area (Å²) in [5.41, 5.74) is 3.39. The van der Waals surface area contributed by atoms with E-state index in [2.05, 4.69) is 10.3 Å². The molecule has 0 saturated heterocycles. The van der Waals surface area contributed by atoms with Crippen molar-refractivity contribution in [1.82, 2.24) is 5.32 Å². The lowest BCUT2D eigenvalue weighted by Gasteiger charge is -2.02. The third kappa shape index (κ3) is 3.48. The van der Waals surface area contributed by atoms with Gasteiger partial charge in [0.15, 0.2) is 0 Å². The molecule has 0 radical (unpaired) electrons. The van der Waals surface area contributed by atoms with Gasteiger partial charge < -0.3 is 10.1 Å². The van der Waals surface area contributed by atoms with Crippen LogP contribution in [-0.4, -0.2) is 18.3 Å². The van der Waals surface area contributed by atoms with Crippen molar-refractivity contribution < 1.29 is 9.53 Å². The van der Waals surface area contributed by atoms with Crippen LogP contribution in [0, 0.1) is 6.92 Å². The van der Waals surface area contributed by atoms with Crippen LogP contribution in [0.4, 0.5) is 0 Å². The number of carbonyl (C=O) groups is 1. The monoisotopic (exact) mass is 306 g/mol. The van der Waals surface area contributed by atoms with Crippen molar-refractivity contribution in [2.75, 3.05) is 6.61 Å². The van der Waals surface area contributed by atoms with Crippen LogP contribution in [0.1, 0.15) is 23.6 Å². The highest BCUT2D eigenvalue weighted by molar-refractivity contribution is 6.19. The van der Waals surface area contributed by atoms with E-state index in [0.717, 1.165) is 16.9 Å². The molecule has 0 aromatic heterocycles. The van der Waals surface area contributed by atoms with Crippen LogP contribution < -0.4 is 10.1 Å².